The van der Waals surface area contributed by atoms with E-state index in [9.17, 15) is 0 Å². The largest absolute Gasteiger partial charge is 0.398 e. The zero-order valence-electron chi connectivity index (χ0n) is 10.9. The molecule has 0 amide bonds. The van der Waals surface area contributed by atoms with Crippen molar-refractivity contribution >= 4 is 21.6 Å². The Kier molecular flexibility index (Phi) is 4.49. The average Bonchev–Trinajstić information content (AvgIpc) is 2.88. The van der Waals surface area contributed by atoms with Crippen LogP contribution < -0.4 is 5.73 Å². The minimum Gasteiger partial charge on any atom is -0.398 e. The smallest absolute Gasteiger partial charge is 0.183 e. The highest BCUT2D eigenvalue weighted by Crippen LogP contribution is 2.32. The molecule has 7 heteroatoms. The van der Waals surface area contributed by atoms with E-state index in [0.717, 1.165) is 16.5 Å². The molecule has 0 aliphatic heterocycles. The second-order valence-electron chi connectivity index (χ2n) is 4.17. The SMILES string of the molecule is CCC(COC)n1nnnc1-c1cccc(N)c1Br. The van der Waals surface area contributed by atoms with Crippen molar-refractivity contribution < 1.29 is 4.74 Å². The zero-order valence-corrected chi connectivity index (χ0v) is 12.5. The lowest BCUT2D eigenvalue weighted by molar-refractivity contribution is 0.147. The first-order valence-electron chi connectivity index (χ1n) is 6.00. The number of nitrogens with two attached hydrogens (primary N) is 1. The van der Waals surface area contributed by atoms with E-state index in [0.29, 0.717) is 18.1 Å². The van der Waals surface area contributed by atoms with Crippen molar-refractivity contribution in [1.82, 2.24) is 20.2 Å². The number of hydrogen-bond acceptors (Lipinski definition) is 5. The summed E-state index contributed by atoms with van der Waals surface area (Å²) in [5.41, 5.74) is 7.43. The molecule has 0 bridgehead atoms. The number of benzene rings is 1. The molecular weight excluding hydrogens is 310 g/mol. The molecule has 0 aliphatic rings. The van der Waals surface area contributed by atoms with Gasteiger partial charge < -0.3 is 10.5 Å². The monoisotopic (exact) mass is 325 g/mol. The summed E-state index contributed by atoms with van der Waals surface area (Å²) < 4.78 is 7.80. The fourth-order valence-corrected chi connectivity index (χ4v) is 2.33. The molecule has 0 radical (unpaired) electrons. The summed E-state index contributed by atoms with van der Waals surface area (Å²) in [6.45, 7) is 2.64. The van der Waals surface area contributed by atoms with Crippen LogP contribution in [0.2, 0.25) is 0 Å². The van der Waals surface area contributed by atoms with E-state index in [1.807, 2.05) is 18.2 Å². The van der Waals surface area contributed by atoms with Gasteiger partial charge in [0, 0.05) is 18.4 Å². The minimum absolute atomic E-state index is 0.100. The molecule has 1 aromatic heterocycles. The van der Waals surface area contributed by atoms with E-state index < -0.39 is 0 Å². The van der Waals surface area contributed by atoms with Gasteiger partial charge in [0.15, 0.2) is 5.82 Å². The summed E-state index contributed by atoms with van der Waals surface area (Å²) >= 11 is 3.48. The molecular formula is C12H16BrN5O. The number of aromatic nitrogens is 4. The van der Waals surface area contributed by atoms with Crippen LogP contribution in [0.4, 0.5) is 5.69 Å². The fourth-order valence-electron chi connectivity index (χ4n) is 1.89. The van der Waals surface area contributed by atoms with Gasteiger partial charge in [0.2, 0.25) is 0 Å². The number of nitrogen functional groups attached to an aromatic ring is 1. The van der Waals surface area contributed by atoms with Gasteiger partial charge in [0.05, 0.1) is 17.1 Å². The molecule has 1 unspecified atom stereocenters. The van der Waals surface area contributed by atoms with E-state index >= 15 is 0 Å². The van der Waals surface area contributed by atoms with Crippen molar-refractivity contribution in [1.29, 1.82) is 0 Å². The van der Waals surface area contributed by atoms with Crippen LogP contribution in [0, 0.1) is 0 Å². The molecule has 0 aliphatic carbocycles. The van der Waals surface area contributed by atoms with Crippen molar-refractivity contribution in [2.75, 3.05) is 19.5 Å². The quantitative estimate of drug-likeness (QED) is 0.853. The summed E-state index contributed by atoms with van der Waals surface area (Å²) in [6, 6.07) is 5.74. The van der Waals surface area contributed by atoms with Crippen molar-refractivity contribution in [3.8, 4) is 11.4 Å². The molecule has 1 aromatic carbocycles. The van der Waals surface area contributed by atoms with Crippen LogP contribution in [-0.4, -0.2) is 33.9 Å². The number of anilines is 1. The molecule has 2 aromatic rings. The third-order valence-corrected chi connectivity index (χ3v) is 3.82. The Bertz CT molecular complexity index is 557. The summed E-state index contributed by atoms with van der Waals surface area (Å²) in [5, 5.41) is 11.9. The van der Waals surface area contributed by atoms with Crippen molar-refractivity contribution in [2.24, 2.45) is 0 Å². The number of rotatable bonds is 5. The Morgan fingerprint density at radius 2 is 2.26 bits per heavy atom. The lowest BCUT2D eigenvalue weighted by Crippen LogP contribution is -2.16. The molecule has 0 spiro atoms. The van der Waals surface area contributed by atoms with Gasteiger partial charge in [0.1, 0.15) is 0 Å². The first-order valence-corrected chi connectivity index (χ1v) is 6.79. The molecule has 0 saturated carbocycles. The third kappa shape index (κ3) is 2.76. The molecule has 2 rings (SSSR count). The van der Waals surface area contributed by atoms with Crippen LogP contribution in [-0.2, 0) is 4.74 Å². The van der Waals surface area contributed by atoms with Gasteiger partial charge in [0.25, 0.3) is 0 Å². The second kappa shape index (κ2) is 6.12. The van der Waals surface area contributed by atoms with E-state index in [1.165, 1.54) is 0 Å². The summed E-state index contributed by atoms with van der Waals surface area (Å²) in [6.07, 6.45) is 0.881. The van der Waals surface area contributed by atoms with Crippen LogP contribution in [0.3, 0.4) is 0 Å². The van der Waals surface area contributed by atoms with Gasteiger partial charge in [-0.1, -0.05) is 13.0 Å². The predicted octanol–water partition coefficient (Wildman–Crippen LogP) is 2.28. The first kappa shape index (κ1) is 14.0. The van der Waals surface area contributed by atoms with E-state index in [4.69, 9.17) is 10.5 Å². The summed E-state index contributed by atoms with van der Waals surface area (Å²) in [4.78, 5) is 0. The van der Waals surface area contributed by atoms with Gasteiger partial charge in [-0.15, -0.1) is 5.10 Å². The summed E-state index contributed by atoms with van der Waals surface area (Å²) in [5.74, 6) is 0.683. The van der Waals surface area contributed by atoms with E-state index in [2.05, 4.69) is 38.4 Å². The molecule has 102 valence electrons. The third-order valence-electron chi connectivity index (χ3n) is 2.94. The molecule has 19 heavy (non-hydrogen) atoms. The number of hydrogen-bond donors (Lipinski definition) is 1. The molecule has 0 saturated heterocycles. The van der Waals surface area contributed by atoms with Crippen LogP contribution in [0.15, 0.2) is 22.7 Å². The zero-order chi connectivity index (χ0) is 13.8. The minimum atomic E-state index is 0.100. The first-order chi connectivity index (χ1) is 9.19. The number of tetrazole rings is 1. The Morgan fingerprint density at radius 3 is 2.95 bits per heavy atom. The van der Waals surface area contributed by atoms with Crippen LogP contribution in [0.5, 0.6) is 0 Å². The number of nitrogens with zero attached hydrogens (tertiary/aromatic N) is 4. The highest BCUT2D eigenvalue weighted by atomic mass is 79.9. The highest BCUT2D eigenvalue weighted by Gasteiger charge is 2.19. The molecule has 2 N–H and O–H groups in total. The van der Waals surface area contributed by atoms with Crippen LogP contribution >= 0.6 is 15.9 Å². The number of methoxy groups -OCH3 is 1. The van der Waals surface area contributed by atoms with Crippen molar-refractivity contribution in [3.05, 3.63) is 22.7 Å². The van der Waals surface area contributed by atoms with Gasteiger partial charge >= 0.3 is 0 Å². The Balaban J connectivity index is 2.46. The fraction of sp³-hybridized carbons (Fsp3) is 0.417. The average molecular weight is 326 g/mol. The molecule has 0 fully saturated rings. The van der Waals surface area contributed by atoms with Gasteiger partial charge in [-0.2, -0.15) is 0 Å². The van der Waals surface area contributed by atoms with Crippen LogP contribution in [0.25, 0.3) is 11.4 Å². The van der Waals surface area contributed by atoms with Gasteiger partial charge in [-0.3, -0.25) is 0 Å². The molecule has 6 nitrogen and oxygen atoms in total. The summed E-state index contributed by atoms with van der Waals surface area (Å²) in [7, 11) is 1.67. The lowest BCUT2D eigenvalue weighted by atomic mass is 10.1. The van der Waals surface area contributed by atoms with Crippen molar-refractivity contribution in [3.63, 3.8) is 0 Å². The Hall–Kier alpha value is -1.47. The predicted molar refractivity (Wildman–Crippen MR) is 76.6 cm³/mol. The Morgan fingerprint density at radius 1 is 1.47 bits per heavy atom. The Labute approximate surface area is 120 Å². The maximum Gasteiger partial charge on any atom is 0.183 e. The van der Waals surface area contributed by atoms with E-state index in [1.54, 1.807) is 11.8 Å². The number of ether oxygens (including phenoxy) is 1. The number of halogens is 1. The topological polar surface area (TPSA) is 78.8 Å². The standard InChI is InChI=1S/C12H16BrN5O/c1-3-8(7-19-2)18-12(15-16-17-18)9-5-4-6-10(14)11(9)13/h4-6,8H,3,7,14H2,1-2H3. The maximum absolute atomic E-state index is 5.89. The maximum atomic E-state index is 5.89. The molecule has 1 heterocycles. The van der Waals surface area contributed by atoms with E-state index in [-0.39, 0.29) is 6.04 Å². The lowest BCUT2D eigenvalue weighted by Gasteiger charge is -2.16. The normalized spacial score (nSPS) is 12.6. The van der Waals surface area contributed by atoms with Gasteiger partial charge in [-0.25, -0.2) is 4.68 Å². The van der Waals surface area contributed by atoms with Crippen molar-refractivity contribution in [2.45, 2.75) is 19.4 Å². The molecule has 1 atom stereocenters. The second-order valence-corrected chi connectivity index (χ2v) is 4.97. The van der Waals surface area contributed by atoms with Crippen LogP contribution in [0.1, 0.15) is 19.4 Å². The van der Waals surface area contributed by atoms with Gasteiger partial charge in [-0.05, 0) is 44.9 Å². The highest BCUT2D eigenvalue weighted by molar-refractivity contribution is 9.10.